The average molecular weight is 413 g/mol. The number of aromatic nitrogens is 5. The van der Waals surface area contributed by atoms with Crippen LogP contribution in [0, 0.1) is 0 Å². The Labute approximate surface area is 165 Å². The van der Waals surface area contributed by atoms with Gasteiger partial charge in [-0.15, -0.1) is 10.2 Å². The van der Waals surface area contributed by atoms with Crippen LogP contribution in [0.5, 0.6) is 0 Å². The monoisotopic (exact) mass is 412 g/mol. The van der Waals surface area contributed by atoms with Gasteiger partial charge in [-0.3, -0.25) is 4.68 Å². The van der Waals surface area contributed by atoms with E-state index in [-0.39, 0.29) is 5.75 Å². The van der Waals surface area contributed by atoms with Gasteiger partial charge in [0.2, 0.25) is 10.0 Å². The summed E-state index contributed by atoms with van der Waals surface area (Å²) >= 11 is 1.65. The summed E-state index contributed by atoms with van der Waals surface area (Å²) in [7, 11) is -1.33. The summed E-state index contributed by atoms with van der Waals surface area (Å²) in [5.41, 5.74) is 2.79. The van der Waals surface area contributed by atoms with Crippen molar-refractivity contribution in [3.63, 3.8) is 0 Å². The fraction of sp³-hybridized carbons (Fsp3) is 0.706. The van der Waals surface area contributed by atoms with Crippen LogP contribution in [0.15, 0.2) is 5.16 Å². The first-order valence-electron chi connectivity index (χ1n) is 9.51. The summed E-state index contributed by atoms with van der Waals surface area (Å²) in [5, 5.41) is 14.3. The normalized spacial score (nSPS) is 15.3. The van der Waals surface area contributed by atoms with Crippen molar-refractivity contribution in [2.45, 2.75) is 58.3 Å². The molecule has 1 aliphatic rings. The van der Waals surface area contributed by atoms with Crippen molar-refractivity contribution in [2.75, 3.05) is 18.1 Å². The van der Waals surface area contributed by atoms with E-state index in [0.717, 1.165) is 46.7 Å². The summed E-state index contributed by atoms with van der Waals surface area (Å²) in [5.74, 6) is 1.84. The minimum atomic E-state index is -3.25. The van der Waals surface area contributed by atoms with Crippen molar-refractivity contribution in [1.29, 1.82) is 0 Å². The van der Waals surface area contributed by atoms with E-state index in [1.165, 1.54) is 0 Å². The van der Waals surface area contributed by atoms with Crippen LogP contribution in [0.3, 0.4) is 0 Å². The molecule has 0 N–H and O–H groups in total. The van der Waals surface area contributed by atoms with Crippen LogP contribution in [0.25, 0.3) is 11.5 Å². The highest BCUT2D eigenvalue weighted by atomic mass is 32.2. The lowest BCUT2D eigenvalue weighted by atomic mass is 10.1. The van der Waals surface area contributed by atoms with Crippen molar-refractivity contribution in [3.8, 4) is 11.5 Å². The predicted molar refractivity (Wildman–Crippen MR) is 107 cm³/mol. The van der Waals surface area contributed by atoms with Crippen LogP contribution in [0.4, 0.5) is 0 Å². The van der Waals surface area contributed by atoms with Gasteiger partial charge in [-0.2, -0.15) is 9.40 Å². The number of hydrogen-bond acceptors (Lipinski definition) is 6. The van der Waals surface area contributed by atoms with E-state index in [2.05, 4.69) is 33.7 Å². The van der Waals surface area contributed by atoms with Gasteiger partial charge in [0.15, 0.2) is 11.0 Å². The van der Waals surface area contributed by atoms with Gasteiger partial charge in [0.1, 0.15) is 5.69 Å². The third kappa shape index (κ3) is 3.93. The molecule has 0 amide bonds. The number of nitrogens with zero attached hydrogens (tertiary/aromatic N) is 6. The smallest absolute Gasteiger partial charge is 0.214 e. The molecule has 150 valence electrons. The van der Waals surface area contributed by atoms with Gasteiger partial charge in [-0.1, -0.05) is 32.0 Å². The Kier molecular flexibility index (Phi) is 6.27. The summed E-state index contributed by atoms with van der Waals surface area (Å²) in [6, 6.07) is 0. The number of aryl methyl sites for hydroxylation is 1. The van der Waals surface area contributed by atoms with E-state index in [9.17, 15) is 8.42 Å². The molecule has 0 aliphatic carbocycles. The van der Waals surface area contributed by atoms with Crippen molar-refractivity contribution < 1.29 is 8.42 Å². The molecule has 0 saturated heterocycles. The Bertz CT molecular complexity index is 903. The molecule has 0 spiro atoms. The van der Waals surface area contributed by atoms with Crippen LogP contribution in [-0.4, -0.2) is 55.3 Å². The van der Waals surface area contributed by atoms with Gasteiger partial charge in [-0.05, 0) is 19.1 Å². The summed E-state index contributed by atoms with van der Waals surface area (Å²) < 4.78 is 30.9. The number of sulfonamides is 1. The lowest BCUT2D eigenvalue weighted by Crippen LogP contribution is -2.37. The maximum atomic E-state index is 12.7. The van der Waals surface area contributed by atoms with Crippen LogP contribution < -0.4 is 0 Å². The Morgan fingerprint density at radius 3 is 2.63 bits per heavy atom. The summed E-state index contributed by atoms with van der Waals surface area (Å²) in [6.07, 6.45) is 2.22. The molecule has 0 aromatic carbocycles. The minimum Gasteiger partial charge on any atom is -0.301 e. The van der Waals surface area contributed by atoms with E-state index in [0.29, 0.717) is 25.9 Å². The zero-order chi connectivity index (χ0) is 19.6. The standard InChI is InChI=1S/C17H28N6O2S2/c1-5-8-11-27(24,25)22-10-9-14-13(12-22)15(20-21(14)4)16-18-19-17(26-7-3)23(16)6-2/h5-12H2,1-4H3. The van der Waals surface area contributed by atoms with Crippen LogP contribution >= 0.6 is 11.8 Å². The molecule has 0 atom stereocenters. The van der Waals surface area contributed by atoms with Gasteiger partial charge in [0, 0.05) is 44.4 Å². The fourth-order valence-electron chi connectivity index (χ4n) is 3.43. The second kappa shape index (κ2) is 8.32. The second-order valence-electron chi connectivity index (χ2n) is 6.63. The molecule has 10 heteroatoms. The first kappa shape index (κ1) is 20.3. The molecular formula is C17H28N6O2S2. The Morgan fingerprint density at radius 1 is 1.19 bits per heavy atom. The highest BCUT2D eigenvalue weighted by Gasteiger charge is 2.32. The highest BCUT2D eigenvalue weighted by Crippen LogP contribution is 2.31. The van der Waals surface area contributed by atoms with E-state index in [1.807, 2.05) is 18.7 Å². The molecule has 0 bridgehead atoms. The minimum absolute atomic E-state index is 0.205. The van der Waals surface area contributed by atoms with E-state index >= 15 is 0 Å². The largest absolute Gasteiger partial charge is 0.301 e. The maximum absolute atomic E-state index is 12.7. The van der Waals surface area contributed by atoms with Crippen molar-refractivity contribution in [3.05, 3.63) is 11.3 Å². The molecule has 8 nitrogen and oxygen atoms in total. The first-order valence-corrected chi connectivity index (χ1v) is 12.1. The van der Waals surface area contributed by atoms with Gasteiger partial charge in [0.25, 0.3) is 0 Å². The van der Waals surface area contributed by atoms with Gasteiger partial charge >= 0.3 is 0 Å². The van der Waals surface area contributed by atoms with Crippen LogP contribution in [0.1, 0.15) is 44.9 Å². The highest BCUT2D eigenvalue weighted by molar-refractivity contribution is 7.99. The maximum Gasteiger partial charge on any atom is 0.214 e. The average Bonchev–Trinajstić information content (AvgIpc) is 3.20. The molecule has 3 heterocycles. The number of hydrogen-bond donors (Lipinski definition) is 0. The van der Waals surface area contributed by atoms with E-state index in [4.69, 9.17) is 0 Å². The number of rotatable bonds is 8. The SMILES string of the molecule is CCCCS(=O)(=O)N1CCc2c(c(-c3nnc(SCC)n3CC)nn2C)C1. The lowest BCUT2D eigenvalue weighted by Gasteiger charge is -2.26. The fourth-order valence-corrected chi connectivity index (χ4v) is 5.76. The van der Waals surface area contributed by atoms with E-state index in [1.54, 1.807) is 16.1 Å². The third-order valence-electron chi connectivity index (χ3n) is 4.87. The van der Waals surface area contributed by atoms with Gasteiger partial charge < -0.3 is 4.57 Å². The van der Waals surface area contributed by atoms with Crippen molar-refractivity contribution in [1.82, 2.24) is 28.9 Å². The Hall–Kier alpha value is -1.39. The molecule has 27 heavy (non-hydrogen) atoms. The molecule has 2 aromatic heterocycles. The molecule has 1 aliphatic heterocycles. The first-order chi connectivity index (χ1) is 12.9. The zero-order valence-corrected chi connectivity index (χ0v) is 18.1. The third-order valence-corrected chi connectivity index (χ3v) is 7.63. The molecule has 0 unspecified atom stereocenters. The predicted octanol–water partition coefficient (Wildman–Crippen LogP) is 2.30. The quantitative estimate of drug-likeness (QED) is 0.619. The van der Waals surface area contributed by atoms with Crippen LogP contribution in [-0.2, 0) is 36.6 Å². The molecule has 0 radical (unpaired) electrons. The number of thioether (sulfide) groups is 1. The Morgan fingerprint density at radius 2 is 1.96 bits per heavy atom. The van der Waals surface area contributed by atoms with Crippen molar-refractivity contribution >= 4 is 21.8 Å². The zero-order valence-electron chi connectivity index (χ0n) is 16.5. The summed E-state index contributed by atoms with van der Waals surface area (Å²) in [4.78, 5) is 0. The van der Waals surface area contributed by atoms with Crippen molar-refractivity contribution in [2.24, 2.45) is 7.05 Å². The number of fused-ring (bicyclic) bond motifs is 1. The van der Waals surface area contributed by atoms with E-state index < -0.39 is 10.0 Å². The molecule has 0 saturated carbocycles. The van der Waals surface area contributed by atoms with Crippen LogP contribution in [0.2, 0.25) is 0 Å². The topological polar surface area (TPSA) is 85.9 Å². The second-order valence-corrected chi connectivity index (χ2v) is 9.95. The molecule has 3 rings (SSSR count). The Balaban J connectivity index is 1.98. The lowest BCUT2D eigenvalue weighted by molar-refractivity contribution is 0.385. The molecular weight excluding hydrogens is 384 g/mol. The molecule has 2 aromatic rings. The summed E-state index contributed by atoms with van der Waals surface area (Å²) in [6.45, 7) is 7.76. The van der Waals surface area contributed by atoms with Gasteiger partial charge in [-0.25, -0.2) is 8.42 Å². The van der Waals surface area contributed by atoms with Gasteiger partial charge in [0.05, 0.1) is 5.75 Å². The molecule has 0 fully saturated rings. The number of unbranched alkanes of at least 4 members (excludes halogenated alkanes) is 1.